The summed E-state index contributed by atoms with van der Waals surface area (Å²) < 4.78 is 24.3. The molecule has 3 heterocycles. The summed E-state index contributed by atoms with van der Waals surface area (Å²) in [5, 5.41) is 12.6. The Morgan fingerprint density at radius 3 is 2.50 bits per heavy atom. The lowest BCUT2D eigenvalue weighted by Gasteiger charge is -2.29. The third kappa shape index (κ3) is 8.44. The molecule has 6 rings (SSSR count). The van der Waals surface area contributed by atoms with E-state index in [1.807, 2.05) is 19.1 Å². The molecule has 0 aliphatic carbocycles. The molecule has 2 saturated heterocycles. The molecule has 2 fully saturated rings. The average Bonchev–Trinajstić information content (AvgIpc) is 3.54. The lowest BCUT2D eigenvalue weighted by atomic mass is 9.93. The van der Waals surface area contributed by atoms with Crippen molar-refractivity contribution < 1.29 is 23.7 Å². The van der Waals surface area contributed by atoms with Crippen molar-refractivity contribution in [2.75, 3.05) is 33.4 Å². The third-order valence-electron chi connectivity index (χ3n) is 9.75. The molecule has 4 aromatic rings. The number of carbonyl (C=O) groups is 1. The molecule has 0 bridgehead atoms. The van der Waals surface area contributed by atoms with Gasteiger partial charge in [-0.3, -0.25) is 9.78 Å². The number of cyclic esters (lactones) is 1. The largest absolute Gasteiger partial charge is 0.493 e. The molecule has 1 N–H and O–H groups in total. The van der Waals surface area contributed by atoms with Crippen molar-refractivity contribution >= 4 is 5.97 Å². The molecule has 9 nitrogen and oxygen atoms in total. The first-order valence-corrected chi connectivity index (χ1v) is 17.4. The zero-order valence-electron chi connectivity index (χ0n) is 29.5. The normalized spacial score (nSPS) is 17.6. The zero-order valence-corrected chi connectivity index (χ0v) is 29.5. The number of rotatable bonds is 13. The molecule has 2 atom stereocenters. The monoisotopic (exact) mass is 674 g/mol. The van der Waals surface area contributed by atoms with E-state index in [1.54, 1.807) is 12.3 Å². The fourth-order valence-electron chi connectivity index (χ4n) is 6.83. The number of hydrogen-bond donors (Lipinski definition) is 1. The van der Waals surface area contributed by atoms with Crippen LogP contribution in [0.4, 0.5) is 0 Å². The predicted octanol–water partition coefficient (Wildman–Crippen LogP) is 6.83. The number of ether oxygens (including phenoxy) is 4. The van der Waals surface area contributed by atoms with Gasteiger partial charge in [0.25, 0.3) is 0 Å². The first kappa shape index (κ1) is 34.9. The summed E-state index contributed by atoms with van der Waals surface area (Å²) in [7, 11) is 2.19. The van der Waals surface area contributed by atoms with Gasteiger partial charge in [0.1, 0.15) is 42.6 Å². The van der Waals surface area contributed by atoms with Gasteiger partial charge in [0.2, 0.25) is 0 Å². The van der Waals surface area contributed by atoms with Gasteiger partial charge in [0, 0.05) is 55.0 Å². The Labute approximate surface area is 295 Å². The van der Waals surface area contributed by atoms with Crippen molar-refractivity contribution in [3.8, 4) is 34.4 Å². The van der Waals surface area contributed by atoms with E-state index in [1.165, 1.54) is 25.6 Å². The van der Waals surface area contributed by atoms with Crippen LogP contribution in [0.15, 0.2) is 67.0 Å². The fraction of sp³-hybridized carbons (Fsp3) is 0.390. The van der Waals surface area contributed by atoms with Gasteiger partial charge >= 0.3 is 5.97 Å². The van der Waals surface area contributed by atoms with E-state index in [-0.39, 0.29) is 18.6 Å². The summed E-state index contributed by atoms with van der Waals surface area (Å²) in [6, 6.07) is 20.2. The van der Waals surface area contributed by atoms with Crippen LogP contribution in [0, 0.1) is 38.0 Å². The van der Waals surface area contributed by atoms with Gasteiger partial charge in [0.15, 0.2) is 0 Å². The second-order valence-electron chi connectivity index (χ2n) is 13.5. The Kier molecular flexibility index (Phi) is 11.3. The lowest BCUT2D eigenvalue weighted by Crippen LogP contribution is -2.34. The average molecular weight is 675 g/mol. The van der Waals surface area contributed by atoms with Crippen molar-refractivity contribution in [3.63, 3.8) is 0 Å². The standard InChI is InChI=1S/C41H46N4O5/c1-27-16-34(22-44-37-13-15-47-41(37)46)40(49-25-32-17-31(19-42)20-43-21-32)18-39(27)50-26-33-9-5-10-35(28(33)2)36-11-6-12-38(29(36)3)48-24-30-8-7-14-45(4)23-30/h5-6,9-12,16-18,20-21,30,37,44H,7-8,13-15,22-26H2,1-4H3/t30?,37-/m0/s1. The maximum Gasteiger partial charge on any atom is 0.323 e. The molecule has 2 aliphatic heterocycles. The Bertz CT molecular complexity index is 1870. The number of carbonyl (C=O) groups excluding carboxylic acids is 1. The van der Waals surface area contributed by atoms with Crippen molar-refractivity contribution in [3.05, 3.63) is 106 Å². The molecule has 9 heteroatoms. The summed E-state index contributed by atoms with van der Waals surface area (Å²) in [6.45, 7) is 10.7. The van der Waals surface area contributed by atoms with Crippen LogP contribution in [0.1, 0.15) is 58.2 Å². The van der Waals surface area contributed by atoms with E-state index in [0.29, 0.717) is 49.2 Å². The second kappa shape index (κ2) is 16.2. The molecular formula is C41H46N4O5. The van der Waals surface area contributed by atoms with Crippen LogP contribution in [0.25, 0.3) is 11.1 Å². The minimum absolute atomic E-state index is 0.227. The highest BCUT2D eigenvalue weighted by atomic mass is 16.5. The van der Waals surface area contributed by atoms with Crippen LogP contribution >= 0.6 is 0 Å². The molecule has 0 saturated carbocycles. The van der Waals surface area contributed by atoms with Crippen LogP contribution in [-0.2, 0) is 29.3 Å². The molecule has 3 aromatic carbocycles. The number of nitrogens with zero attached hydrogens (tertiary/aromatic N) is 3. The molecule has 1 aromatic heterocycles. The van der Waals surface area contributed by atoms with Crippen molar-refractivity contribution in [1.29, 1.82) is 5.26 Å². The first-order chi connectivity index (χ1) is 24.3. The lowest BCUT2D eigenvalue weighted by molar-refractivity contribution is -0.139. The van der Waals surface area contributed by atoms with E-state index in [4.69, 9.17) is 18.9 Å². The minimum Gasteiger partial charge on any atom is -0.493 e. The van der Waals surface area contributed by atoms with E-state index in [9.17, 15) is 10.1 Å². The second-order valence-corrected chi connectivity index (χ2v) is 13.5. The fourth-order valence-corrected chi connectivity index (χ4v) is 6.83. The SMILES string of the molecule is Cc1cc(CN[C@H]2CCOC2=O)c(OCc2cncc(C#N)c2)cc1OCc1cccc(-c2cccc(OCC3CCCN(C)C3)c2C)c1C. The van der Waals surface area contributed by atoms with Crippen LogP contribution < -0.4 is 19.5 Å². The Morgan fingerprint density at radius 2 is 1.72 bits per heavy atom. The van der Waals surface area contributed by atoms with E-state index >= 15 is 0 Å². The van der Waals surface area contributed by atoms with Gasteiger partial charge in [-0.05, 0) is 98.8 Å². The topological polar surface area (TPSA) is 106 Å². The highest BCUT2D eigenvalue weighted by Crippen LogP contribution is 2.35. The van der Waals surface area contributed by atoms with Gasteiger partial charge in [0.05, 0.1) is 18.8 Å². The first-order valence-electron chi connectivity index (χ1n) is 17.4. The van der Waals surface area contributed by atoms with Crippen LogP contribution in [-0.4, -0.2) is 55.2 Å². The number of likely N-dealkylation sites (tertiary alicyclic amines) is 1. The predicted molar refractivity (Wildman–Crippen MR) is 192 cm³/mol. The van der Waals surface area contributed by atoms with Gasteiger partial charge in [-0.1, -0.05) is 30.3 Å². The van der Waals surface area contributed by atoms with Crippen molar-refractivity contribution in [1.82, 2.24) is 15.2 Å². The Balaban J connectivity index is 1.19. The summed E-state index contributed by atoms with van der Waals surface area (Å²) in [4.78, 5) is 18.6. The van der Waals surface area contributed by atoms with Crippen LogP contribution in [0.2, 0.25) is 0 Å². The number of benzene rings is 3. The molecule has 0 spiro atoms. The molecule has 0 amide bonds. The van der Waals surface area contributed by atoms with E-state index < -0.39 is 0 Å². The summed E-state index contributed by atoms with van der Waals surface area (Å²) >= 11 is 0. The molecule has 0 radical (unpaired) electrons. The summed E-state index contributed by atoms with van der Waals surface area (Å²) in [6.07, 6.45) is 6.28. The third-order valence-corrected chi connectivity index (χ3v) is 9.75. The van der Waals surface area contributed by atoms with E-state index in [2.05, 4.69) is 78.6 Å². The number of hydrogen-bond acceptors (Lipinski definition) is 9. The molecule has 260 valence electrons. The molecule has 50 heavy (non-hydrogen) atoms. The number of esters is 1. The minimum atomic E-state index is -0.347. The number of pyridine rings is 1. The quantitative estimate of drug-likeness (QED) is 0.153. The Hall–Kier alpha value is -4.91. The number of aryl methyl sites for hydroxylation is 1. The Morgan fingerprint density at radius 1 is 0.920 bits per heavy atom. The highest BCUT2D eigenvalue weighted by Gasteiger charge is 2.26. The maximum absolute atomic E-state index is 12.1. The molecular weight excluding hydrogens is 628 g/mol. The van der Waals surface area contributed by atoms with E-state index in [0.717, 1.165) is 63.4 Å². The smallest absolute Gasteiger partial charge is 0.323 e. The summed E-state index contributed by atoms with van der Waals surface area (Å²) in [5.41, 5.74) is 8.81. The zero-order chi connectivity index (χ0) is 35.0. The maximum atomic E-state index is 12.1. The van der Waals surface area contributed by atoms with Crippen molar-refractivity contribution in [2.24, 2.45) is 5.92 Å². The van der Waals surface area contributed by atoms with Crippen LogP contribution in [0.5, 0.6) is 17.2 Å². The number of piperidine rings is 1. The molecule has 2 aliphatic rings. The highest BCUT2D eigenvalue weighted by molar-refractivity contribution is 5.77. The number of nitrogens with one attached hydrogen (secondary N) is 1. The van der Waals surface area contributed by atoms with Crippen LogP contribution in [0.3, 0.4) is 0 Å². The van der Waals surface area contributed by atoms with Gasteiger partial charge in [-0.15, -0.1) is 0 Å². The number of aromatic nitrogens is 1. The summed E-state index contributed by atoms with van der Waals surface area (Å²) in [5.74, 6) is 2.59. The molecule has 1 unspecified atom stereocenters. The van der Waals surface area contributed by atoms with Gasteiger partial charge in [-0.2, -0.15) is 5.26 Å². The van der Waals surface area contributed by atoms with Crippen molar-refractivity contribution in [2.45, 2.75) is 65.8 Å². The van der Waals surface area contributed by atoms with Gasteiger partial charge in [-0.25, -0.2) is 0 Å². The number of nitriles is 1. The van der Waals surface area contributed by atoms with Gasteiger partial charge < -0.3 is 29.2 Å².